The third-order valence-electron chi connectivity index (χ3n) is 4.30. The van der Waals surface area contributed by atoms with Gasteiger partial charge >= 0.3 is 5.37 Å². The Hall–Kier alpha value is -1.85. The second-order valence-electron chi connectivity index (χ2n) is 5.86. The van der Waals surface area contributed by atoms with Gasteiger partial charge in [-0.1, -0.05) is 27.3 Å². The third-order valence-corrected chi connectivity index (χ3v) is 5.90. The Bertz CT molecular complexity index is 1000. The molecule has 12 heteroatoms. The molecule has 0 saturated carbocycles. The molecule has 1 aromatic carbocycles. The Morgan fingerprint density at radius 3 is 2.59 bits per heavy atom. The molecule has 1 aliphatic heterocycles. The van der Waals surface area contributed by atoms with Crippen molar-refractivity contribution in [2.75, 3.05) is 31.1 Å². The van der Waals surface area contributed by atoms with Gasteiger partial charge < -0.3 is 9.80 Å². The summed E-state index contributed by atoms with van der Waals surface area (Å²) in [5.41, 5.74) is 1.66. The maximum Gasteiger partial charge on any atom is 0.316 e. The molecule has 1 saturated heterocycles. The molecule has 0 spiro atoms. The van der Waals surface area contributed by atoms with E-state index in [-0.39, 0.29) is 10.1 Å². The normalized spacial score (nSPS) is 15.1. The minimum Gasteiger partial charge on any atom is -0.367 e. The number of fused-ring (bicyclic) bond motifs is 1. The summed E-state index contributed by atoms with van der Waals surface area (Å²) in [5.74, 6) is 0. The van der Waals surface area contributed by atoms with Crippen molar-refractivity contribution in [2.24, 2.45) is 0 Å². The van der Waals surface area contributed by atoms with Crippen molar-refractivity contribution in [3.8, 4) is 5.13 Å². The van der Waals surface area contributed by atoms with Crippen molar-refractivity contribution in [3.63, 3.8) is 0 Å². The Labute approximate surface area is 169 Å². The molecule has 7 nitrogen and oxygen atoms in total. The van der Waals surface area contributed by atoms with E-state index in [9.17, 15) is 13.6 Å². The molecule has 0 bridgehead atoms. The fourth-order valence-corrected chi connectivity index (χ4v) is 4.29. The van der Waals surface area contributed by atoms with Crippen molar-refractivity contribution in [3.05, 3.63) is 27.8 Å². The Morgan fingerprint density at radius 1 is 1.22 bits per heavy atom. The van der Waals surface area contributed by atoms with Gasteiger partial charge in [-0.2, -0.15) is 5.10 Å². The molecule has 0 N–H and O–H groups in total. The molecule has 27 heavy (non-hydrogen) atoms. The predicted octanol–water partition coefficient (Wildman–Crippen LogP) is 4.06. The van der Waals surface area contributed by atoms with Gasteiger partial charge in [-0.15, -0.1) is 10.2 Å². The van der Waals surface area contributed by atoms with Crippen LogP contribution in [-0.2, 0) is 0 Å². The summed E-state index contributed by atoms with van der Waals surface area (Å²) >= 11 is 9.85. The van der Waals surface area contributed by atoms with E-state index >= 15 is 0 Å². The fraction of sp³-hybridized carbons (Fsp3) is 0.333. The summed E-state index contributed by atoms with van der Waals surface area (Å²) in [6, 6.07) is 3.82. The third kappa shape index (κ3) is 3.50. The van der Waals surface area contributed by atoms with Gasteiger partial charge in [0.25, 0.3) is 6.43 Å². The first-order valence-corrected chi connectivity index (χ1v) is 9.91. The number of benzene rings is 1. The number of carbonyl (C=O) groups excluding carboxylic acids is 1. The molecule has 2 aromatic heterocycles. The first-order chi connectivity index (χ1) is 12.9. The lowest BCUT2D eigenvalue weighted by Gasteiger charge is -2.35. The maximum atomic E-state index is 12.8. The summed E-state index contributed by atoms with van der Waals surface area (Å²) in [6.45, 7) is 2.31. The highest BCUT2D eigenvalue weighted by Crippen LogP contribution is 2.34. The molecule has 1 amide bonds. The van der Waals surface area contributed by atoms with Crippen LogP contribution >= 0.6 is 38.9 Å². The lowest BCUT2D eigenvalue weighted by atomic mass is 10.2. The van der Waals surface area contributed by atoms with Gasteiger partial charge in [0.15, 0.2) is 5.01 Å². The highest BCUT2D eigenvalue weighted by Gasteiger charge is 2.23. The number of halogens is 4. The number of anilines is 1. The molecule has 0 aliphatic carbocycles. The van der Waals surface area contributed by atoms with Gasteiger partial charge in [0.1, 0.15) is 0 Å². The summed E-state index contributed by atoms with van der Waals surface area (Å²) < 4.78 is 28.0. The Kier molecular flexibility index (Phi) is 4.99. The van der Waals surface area contributed by atoms with E-state index in [0.29, 0.717) is 26.2 Å². The maximum absolute atomic E-state index is 12.8. The van der Waals surface area contributed by atoms with E-state index in [2.05, 4.69) is 36.1 Å². The zero-order valence-electron chi connectivity index (χ0n) is 13.6. The number of hydrogen-bond acceptors (Lipinski definition) is 6. The lowest BCUT2D eigenvalue weighted by molar-refractivity contribution is 0.150. The molecule has 1 aliphatic rings. The number of alkyl halides is 2. The van der Waals surface area contributed by atoms with Crippen LogP contribution in [0.25, 0.3) is 16.0 Å². The van der Waals surface area contributed by atoms with Crippen LogP contribution in [0.4, 0.5) is 19.3 Å². The number of rotatable bonds is 3. The van der Waals surface area contributed by atoms with Crippen LogP contribution in [0.1, 0.15) is 11.4 Å². The summed E-state index contributed by atoms with van der Waals surface area (Å²) in [4.78, 5) is 15.0. The van der Waals surface area contributed by atoms with Gasteiger partial charge in [-0.3, -0.25) is 4.79 Å². The van der Waals surface area contributed by atoms with Crippen LogP contribution in [0.5, 0.6) is 0 Å². The summed E-state index contributed by atoms with van der Waals surface area (Å²) in [5, 5.41) is 12.0. The quantitative estimate of drug-likeness (QED) is 0.420. The van der Waals surface area contributed by atoms with Crippen molar-refractivity contribution >= 4 is 60.8 Å². The topological polar surface area (TPSA) is 67.2 Å². The first kappa shape index (κ1) is 18.5. The van der Waals surface area contributed by atoms with E-state index in [4.69, 9.17) is 11.6 Å². The van der Waals surface area contributed by atoms with E-state index in [1.807, 2.05) is 12.1 Å². The van der Waals surface area contributed by atoms with Gasteiger partial charge in [-0.05, 0) is 23.7 Å². The smallest absolute Gasteiger partial charge is 0.316 e. The molecule has 0 radical (unpaired) electrons. The van der Waals surface area contributed by atoms with Crippen LogP contribution in [0.2, 0.25) is 0 Å². The van der Waals surface area contributed by atoms with E-state index in [0.717, 1.165) is 32.4 Å². The van der Waals surface area contributed by atoms with E-state index in [1.54, 1.807) is 11.1 Å². The highest BCUT2D eigenvalue weighted by molar-refractivity contribution is 9.10. The fourth-order valence-electron chi connectivity index (χ4n) is 3.01. The molecule has 4 rings (SSSR count). The molecular weight excluding hydrogens is 466 g/mol. The Balaban J connectivity index is 1.71. The lowest BCUT2D eigenvalue weighted by Crippen LogP contribution is -2.47. The average Bonchev–Trinajstić information content (AvgIpc) is 3.27. The van der Waals surface area contributed by atoms with E-state index in [1.165, 1.54) is 4.68 Å². The zero-order chi connectivity index (χ0) is 19.1. The molecular formula is C15H12BrClF2N6OS. The summed E-state index contributed by atoms with van der Waals surface area (Å²) in [7, 11) is 0. The number of nitrogens with zero attached hydrogens (tertiary/aromatic N) is 6. The second kappa shape index (κ2) is 7.28. The summed E-state index contributed by atoms with van der Waals surface area (Å²) in [6.07, 6.45) is -0.985. The van der Waals surface area contributed by atoms with Crippen molar-refractivity contribution in [1.29, 1.82) is 0 Å². The molecule has 142 valence electrons. The predicted molar refractivity (Wildman–Crippen MR) is 102 cm³/mol. The van der Waals surface area contributed by atoms with Gasteiger partial charge in [0.05, 0.1) is 11.7 Å². The van der Waals surface area contributed by atoms with Crippen LogP contribution in [-0.4, -0.2) is 56.4 Å². The molecule has 1 fully saturated rings. The van der Waals surface area contributed by atoms with Crippen LogP contribution in [0, 0.1) is 0 Å². The van der Waals surface area contributed by atoms with E-state index < -0.39 is 11.8 Å². The number of aromatic nitrogens is 4. The van der Waals surface area contributed by atoms with Crippen molar-refractivity contribution < 1.29 is 13.6 Å². The van der Waals surface area contributed by atoms with Crippen LogP contribution in [0.3, 0.4) is 0 Å². The largest absolute Gasteiger partial charge is 0.367 e. The number of carbonyl (C=O) groups is 1. The zero-order valence-corrected chi connectivity index (χ0v) is 16.8. The second-order valence-corrected chi connectivity index (χ2v) is 8.09. The van der Waals surface area contributed by atoms with Crippen molar-refractivity contribution in [1.82, 2.24) is 24.9 Å². The monoisotopic (exact) mass is 476 g/mol. The molecule has 0 unspecified atom stereocenters. The van der Waals surface area contributed by atoms with Crippen LogP contribution < -0.4 is 4.90 Å². The van der Waals surface area contributed by atoms with Crippen molar-refractivity contribution in [2.45, 2.75) is 6.43 Å². The first-order valence-electron chi connectivity index (χ1n) is 7.92. The van der Waals surface area contributed by atoms with Gasteiger partial charge in [0.2, 0.25) is 5.13 Å². The average molecular weight is 478 g/mol. The molecule has 3 heterocycles. The number of piperazine rings is 1. The Morgan fingerprint density at radius 2 is 1.96 bits per heavy atom. The number of amides is 1. The minimum absolute atomic E-state index is 0.280. The van der Waals surface area contributed by atoms with Crippen LogP contribution in [0.15, 0.2) is 22.8 Å². The van der Waals surface area contributed by atoms with Gasteiger partial charge in [0, 0.05) is 41.7 Å². The minimum atomic E-state index is -2.67. The molecule has 3 aromatic rings. The molecule has 0 atom stereocenters. The van der Waals surface area contributed by atoms with Gasteiger partial charge in [-0.25, -0.2) is 13.5 Å². The SMILES string of the molecule is O=C(Cl)N1CCN(c2cc(Br)cc3c2cnn3-c2nnc(C(F)F)s2)CC1. The standard InChI is InChI=1S/C15H12BrClF2N6OS/c16-8-5-10(23-1-3-24(4-2-23)14(17)26)9-7-20-25(11(9)6-8)15-22-21-13(27-15)12(18)19/h5-7,12H,1-4H2. The number of hydrogen-bond donors (Lipinski definition) is 0. The highest BCUT2D eigenvalue weighted by atomic mass is 79.9.